The Morgan fingerprint density at radius 2 is 2.38 bits per heavy atom. The van der Waals surface area contributed by atoms with Gasteiger partial charge in [0.1, 0.15) is 5.82 Å². The summed E-state index contributed by atoms with van der Waals surface area (Å²) in [6, 6.07) is 5.08. The van der Waals surface area contributed by atoms with E-state index in [2.05, 4.69) is 5.32 Å². The van der Waals surface area contributed by atoms with Crippen molar-refractivity contribution in [3.63, 3.8) is 0 Å². The average molecular weight is 244 g/mol. The van der Waals surface area contributed by atoms with Crippen molar-refractivity contribution in [2.75, 3.05) is 13.2 Å². The molecule has 1 unspecified atom stereocenters. The minimum atomic E-state index is -0.299. The van der Waals surface area contributed by atoms with Crippen LogP contribution in [0.25, 0.3) is 0 Å². The average Bonchev–Trinajstić information content (AvgIpc) is 2.75. The van der Waals surface area contributed by atoms with Gasteiger partial charge >= 0.3 is 0 Å². The largest absolute Gasteiger partial charge is 0.375 e. The first-order valence-electron chi connectivity index (χ1n) is 5.51. The molecule has 0 spiro atoms. The summed E-state index contributed by atoms with van der Waals surface area (Å²) in [5, 5.41) is 3.75. The molecule has 1 atom stereocenters. The fourth-order valence-electron chi connectivity index (χ4n) is 1.87. The van der Waals surface area contributed by atoms with Crippen LogP contribution in [0, 0.1) is 5.82 Å². The van der Waals surface area contributed by atoms with E-state index in [-0.39, 0.29) is 12.4 Å². The summed E-state index contributed by atoms with van der Waals surface area (Å²) in [6.07, 6.45) is 2.32. The molecule has 2 nitrogen and oxygen atoms in total. The standard InChI is InChI=1S/C12H15ClFNO/c13-11-4-1-5-12(14)10(11)8-16-7-9-3-2-6-15-9/h1,4-5,9,15H,2-3,6-8H2. The number of nitrogens with one attached hydrogen (secondary N) is 1. The molecule has 0 saturated carbocycles. The van der Waals surface area contributed by atoms with Gasteiger partial charge in [0, 0.05) is 16.6 Å². The van der Waals surface area contributed by atoms with Gasteiger partial charge in [0.2, 0.25) is 0 Å². The lowest BCUT2D eigenvalue weighted by Crippen LogP contribution is -2.26. The predicted octanol–water partition coefficient (Wildman–Crippen LogP) is 2.75. The Morgan fingerprint density at radius 3 is 3.06 bits per heavy atom. The minimum Gasteiger partial charge on any atom is -0.375 e. The van der Waals surface area contributed by atoms with Crippen molar-refractivity contribution in [3.05, 3.63) is 34.6 Å². The Hall–Kier alpha value is -0.640. The quantitative estimate of drug-likeness (QED) is 0.878. The molecule has 0 aliphatic carbocycles. The monoisotopic (exact) mass is 243 g/mol. The summed E-state index contributed by atoms with van der Waals surface area (Å²) >= 11 is 5.89. The van der Waals surface area contributed by atoms with E-state index >= 15 is 0 Å². The Kier molecular flexibility index (Phi) is 4.16. The predicted molar refractivity (Wildman–Crippen MR) is 62.1 cm³/mol. The second kappa shape index (κ2) is 5.62. The molecule has 16 heavy (non-hydrogen) atoms. The smallest absolute Gasteiger partial charge is 0.130 e. The van der Waals surface area contributed by atoms with Crippen LogP contribution in [-0.4, -0.2) is 19.2 Å². The van der Waals surface area contributed by atoms with Gasteiger partial charge in [-0.1, -0.05) is 17.7 Å². The third-order valence-electron chi connectivity index (χ3n) is 2.79. The fraction of sp³-hybridized carbons (Fsp3) is 0.500. The molecule has 1 aromatic carbocycles. The zero-order valence-electron chi connectivity index (χ0n) is 9.01. The van der Waals surface area contributed by atoms with Crippen LogP contribution >= 0.6 is 11.6 Å². The van der Waals surface area contributed by atoms with Crippen LogP contribution in [0.5, 0.6) is 0 Å². The summed E-state index contributed by atoms with van der Waals surface area (Å²) in [5.41, 5.74) is 0.446. The number of hydrogen-bond donors (Lipinski definition) is 1. The number of rotatable bonds is 4. The number of benzene rings is 1. The highest BCUT2D eigenvalue weighted by molar-refractivity contribution is 6.31. The lowest BCUT2D eigenvalue weighted by atomic mass is 10.2. The summed E-state index contributed by atoms with van der Waals surface area (Å²) in [6.45, 7) is 1.91. The first-order valence-corrected chi connectivity index (χ1v) is 5.89. The highest BCUT2D eigenvalue weighted by Gasteiger charge is 2.14. The number of ether oxygens (including phenoxy) is 1. The molecule has 1 fully saturated rings. The first kappa shape index (κ1) is 11.8. The minimum absolute atomic E-state index is 0.240. The van der Waals surface area contributed by atoms with E-state index < -0.39 is 0 Å². The summed E-state index contributed by atoms with van der Waals surface area (Å²) in [7, 11) is 0. The maximum Gasteiger partial charge on any atom is 0.130 e. The van der Waals surface area contributed by atoms with Crippen molar-refractivity contribution in [1.82, 2.24) is 5.32 Å². The highest BCUT2D eigenvalue weighted by Crippen LogP contribution is 2.20. The van der Waals surface area contributed by atoms with Crippen LogP contribution in [0.3, 0.4) is 0 Å². The van der Waals surface area contributed by atoms with Gasteiger partial charge < -0.3 is 10.1 Å². The van der Waals surface area contributed by atoms with E-state index in [1.807, 2.05) is 0 Å². The Labute approximate surface area is 99.7 Å². The van der Waals surface area contributed by atoms with E-state index in [1.165, 1.54) is 12.5 Å². The van der Waals surface area contributed by atoms with Crippen molar-refractivity contribution in [2.24, 2.45) is 0 Å². The molecule has 2 rings (SSSR count). The van der Waals surface area contributed by atoms with Crippen molar-refractivity contribution in [2.45, 2.75) is 25.5 Å². The molecule has 88 valence electrons. The highest BCUT2D eigenvalue weighted by atomic mass is 35.5. The second-order valence-corrected chi connectivity index (χ2v) is 4.42. The molecule has 1 aliphatic heterocycles. The van der Waals surface area contributed by atoms with Crippen molar-refractivity contribution < 1.29 is 9.13 Å². The van der Waals surface area contributed by atoms with Crippen LogP contribution in [0.1, 0.15) is 18.4 Å². The van der Waals surface area contributed by atoms with Gasteiger partial charge in [0.15, 0.2) is 0 Å². The van der Waals surface area contributed by atoms with Crippen molar-refractivity contribution in [1.29, 1.82) is 0 Å². The van der Waals surface area contributed by atoms with Gasteiger partial charge in [0.25, 0.3) is 0 Å². The topological polar surface area (TPSA) is 21.3 Å². The fourth-order valence-corrected chi connectivity index (χ4v) is 2.09. The van der Waals surface area contributed by atoms with Crippen LogP contribution in [0.4, 0.5) is 4.39 Å². The maximum absolute atomic E-state index is 13.4. The first-order chi connectivity index (χ1) is 7.77. The summed E-state index contributed by atoms with van der Waals surface area (Å²) < 4.78 is 18.8. The van der Waals surface area contributed by atoms with Crippen LogP contribution < -0.4 is 5.32 Å². The van der Waals surface area contributed by atoms with E-state index in [4.69, 9.17) is 16.3 Å². The molecule has 0 amide bonds. The molecule has 4 heteroatoms. The third kappa shape index (κ3) is 2.94. The lowest BCUT2D eigenvalue weighted by molar-refractivity contribution is 0.101. The van der Waals surface area contributed by atoms with Gasteiger partial charge in [0.05, 0.1) is 13.2 Å². The van der Waals surface area contributed by atoms with E-state index in [0.717, 1.165) is 13.0 Å². The number of halogens is 2. The second-order valence-electron chi connectivity index (χ2n) is 4.01. The maximum atomic E-state index is 13.4. The van der Waals surface area contributed by atoms with Crippen LogP contribution in [0.15, 0.2) is 18.2 Å². The molecular weight excluding hydrogens is 229 g/mol. The van der Waals surface area contributed by atoms with E-state index in [9.17, 15) is 4.39 Å². The molecule has 0 bridgehead atoms. The van der Waals surface area contributed by atoms with Gasteiger partial charge in [-0.2, -0.15) is 0 Å². The Morgan fingerprint density at radius 1 is 1.50 bits per heavy atom. The summed E-state index contributed by atoms with van der Waals surface area (Å²) in [5.74, 6) is -0.299. The van der Waals surface area contributed by atoms with Gasteiger partial charge in [-0.05, 0) is 31.5 Å². The van der Waals surface area contributed by atoms with Crippen molar-refractivity contribution in [3.8, 4) is 0 Å². The molecule has 1 saturated heterocycles. The number of hydrogen-bond acceptors (Lipinski definition) is 2. The Bertz CT molecular complexity index is 333. The van der Waals surface area contributed by atoms with Gasteiger partial charge in [-0.3, -0.25) is 0 Å². The molecule has 1 heterocycles. The van der Waals surface area contributed by atoms with Gasteiger partial charge in [-0.15, -0.1) is 0 Å². The normalized spacial score (nSPS) is 20.2. The zero-order chi connectivity index (χ0) is 11.4. The molecule has 1 aliphatic rings. The Balaban J connectivity index is 1.84. The molecule has 0 aromatic heterocycles. The van der Waals surface area contributed by atoms with Gasteiger partial charge in [-0.25, -0.2) is 4.39 Å². The molecule has 0 radical (unpaired) electrons. The molecule has 1 aromatic rings. The lowest BCUT2D eigenvalue weighted by Gasteiger charge is -2.11. The van der Waals surface area contributed by atoms with E-state index in [0.29, 0.717) is 23.2 Å². The van der Waals surface area contributed by atoms with Crippen molar-refractivity contribution >= 4 is 11.6 Å². The van der Waals surface area contributed by atoms with Crippen LogP contribution in [0.2, 0.25) is 5.02 Å². The van der Waals surface area contributed by atoms with E-state index in [1.54, 1.807) is 12.1 Å². The zero-order valence-corrected chi connectivity index (χ0v) is 9.77. The molecule has 1 N–H and O–H groups in total. The SMILES string of the molecule is Fc1cccc(Cl)c1COCC1CCCN1. The molecular formula is C12H15ClFNO. The third-order valence-corrected chi connectivity index (χ3v) is 3.14. The van der Waals surface area contributed by atoms with Crippen LogP contribution in [-0.2, 0) is 11.3 Å². The summed E-state index contributed by atoms with van der Waals surface area (Å²) in [4.78, 5) is 0.